The molecule has 0 N–H and O–H groups in total. The quantitative estimate of drug-likeness (QED) is 0.174. The molecule has 0 aliphatic carbocycles. The van der Waals surface area contributed by atoms with Gasteiger partial charge in [-0.05, 0) is 72.9 Å². The molecule has 196 valence electrons. The van der Waals surface area contributed by atoms with Gasteiger partial charge in [0.2, 0.25) is 0 Å². The van der Waals surface area contributed by atoms with E-state index in [1.807, 2.05) is 49.3 Å². The molecule has 0 aliphatic rings. The molecule has 0 heterocycles. The van der Waals surface area contributed by atoms with Gasteiger partial charge in [0.1, 0.15) is 6.73 Å². The molecule has 3 rings (SSSR count). The second kappa shape index (κ2) is 15.3. The van der Waals surface area contributed by atoms with Crippen LogP contribution in [0.2, 0.25) is 0 Å². The van der Waals surface area contributed by atoms with Gasteiger partial charge in [0.05, 0.1) is 0 Å². The first-order valence-corrected chi connectivity index (χ1v) is 12.4. The highest BCUT2D eigenvalue weighted by molar-refractivity contribution is 5.81. The molecule has 3 aromatic carbocycles. The number of hydrogen-bond acceptors (Lipinski definition) is 5. The number of hydrogen-bond donors (Lipinski definition) is 0. The van der Waals surface area contributed by atoms with Crippen LogP contribution in [0.3, 0.4) is 0 Å². The van der Waals surface area contributed by atoms with Crippen molar-refractivity contribution in [1.29, 1.82) is 0 Å². The molecule has 5 nitrogen and oxygen atoms in total. The van der Waals surface area contributed by atoms with Crippen LogP contribution in [0.4, 0.5) is 11.4 Å². The third-order valence-electron chi connectivity index (χ3n) is 5.93. The van der Waals surface area contributed by atoms with Gasteiger partial charge in [-0.15, -0.1) is 0 Å². The van der Waals surface area contributed by atoms with Crippen molar-refractivity contribution in [2.45, 2.75) is 27.7 Å². The van der Waals surface area contributed by atoms with Gasteiger partial charge in [0, 0.05) is 39.5 Å². The predicted molar refractivity (Wildman–Crippen MR) is 158 cm³/mol. The SMILES string of the molecule is CC(=O)OCN(C)c1ccccc1.CC=C(C)c1ccc(C(C)=Cc2ccc(N(C)COC)cc2)cc1. The summed E-state index contributed by atoms with van der Waals surface area (Å²) in [7, 11) is 5.60. The number of para-hydroxylation sites is 1. The molecule has 37 heavy (non-hydrogen) atoms. The molecule has 0 atom stereocenters. The number of carbonyl (C=O) groups is 1. The lowest BCUT2D eigenvalue weighted by molar-refractivity contribution is -0.140. The molecule has 0 fully saturated rings. The van der Waals surface area contributed by atoms with Crippen LogP contribution < -0.4 is 9.80 Å². The Morgan fingerprint density at radius 3 is 1.76 bits per heavy atom. The van der Waals surface area contributed by atoms with Crippen molar-refractivity contribution in [2.24, 2.45) is 0 Å². The Kier molecular flexibility index (Phi) is 12.2. The molecule has 0 saturated heterocycles. The van der Waals surface area contributed by atoms with Crippen molar-refractivity contribution >= 4 is 34.6 Å². The van der Waals surface area contributed by atoms with Crippen LogP contribution in [0, 0.1) is 0 Å². The summed E-state index contributed by atoms with van der Waals surface area (Å²) < 4.78 is 10.0. The number of esters is 1. The summed E-state index contributed by atoms with van der Waals surface area (Å²) in [6, 6.07) is 27.0. The van der Waals surface area contributed by atoms with Crippen LogP contribution in [0.5, 0.6) is 0 Å². The van der Waals surface area contributed by atoms with Crippen LogP contribution in [-0.4, -0.2) is 40.6 Å². The highest BCUT2D eigenvalue weighted by Crippen LogP contribution is 2.22. The van der Waals surface area contributed by atoms with Gasteiger partial charge < -0.3 is 19.3 Å². The van der Waals surface area contributed by atoms with E-state index in [-0.39, 0.29) is 5.97 Å². The van der Waals surface area contributed by atoms with Crippen molar-refractivity contribution in [2.75, 3.05) is 44.5 Å². The van der Waals surface area contributed by atoms with E-state index in [0.29, 0.717) is 13.5 Å². The molecular formula is C32H40N2O3. The molecule has 0 radical (unpaired) electrons. The minimum atomic E-state index is -0.261. The lowest BCUT2D eigenvalue weighted by Gasteiger charge is -2.17. The van der Waals surface area contributed by atoms with Crippen molar-refractivity contribution in [3.8, 4) is 0 Å². The summed E-state index contributed by atoms with van der Waals surface area (Å²) in [5.74, 6) is -0.261. The summed E-state index contributed by atoms with van der Waals surface area (Å²) in [4.78, 5) is 14.5. The number of rotatable bonds is 9. The third-order valence-corrected chi connectivity index (χ3v) is 5.93. The molecule has 0 unspecified atom stereocenters. The molecule has 0 amide bonds. The maximum atomic E-state index is 10.5. The van der Waals surface area contributed by atoms with E-state index in [2.05, 4.69) is 86.4 Å². The lowest BCUT2D eigenvalue weighted by atomic mass is 10.0. The Bertz CT molecular complexity index is 1150. The van der Waals surface area contributed by atoms with Gasteiger partial charge in [-0.25, -0.2) is 0 Å². The van der Waals surface area contributed by atoms with Gasteiger partial charge in [-0.2, -0.15) is 0 Å². The molecule has 3 aromatic rings. The molecule has 0 bridgehead atoms. The molecule has 0 spiro atoms. The number of allylic oxidation sites excluding steroid dienone is 3. The zero-order valence-corrected chi connectivity index (χ0v) is 23.2. The van der Waals surface area contributed by atoms with Gasteiger partial charge in [0.15, 0.2) is 6.73 Å². The van der Waals surface area contributed by atoms with Gasteiger partial charge in [-0.1, -0.05) is 66.7 Å². The van der Waals surface area contributed by atoms with Crippen LogP contribution in [0.1, 0.15) is 44.4 Å². The summed E-state index contributed by atoms with van der Waals surface area (Å²) in [6.45, 7) is 8.65. The van der Waals surface area contributed by atoms with Crippen molar-refractivity contribution in [3.05, 3.63) is 102 Å². The highest BCUT2D eigenvalue weighted by Gasteiger charge is 2.02. The number of nitrogens with zero attached hydrogens (tertiary/aromatic N) is 2. The summed E-state index contributed by atoms with van der Waals surface area (Å²) in [5, 5.41) is 0. The first-order chi connectivity index (χ1) is 17.7. The Labute approximate surface area is 222 Å². The zero-order valence-electron chi connectivity index (χ0n) is 23.2. The van der Waals surface area contributed by atoms with Crippen molar-refractivity contribution in [3.63, 3.8) is 0 Å². The van der Waals surface area contributed by atoms with E-state index in [9.17, 15) is 4.79 Å². The lowest BCUT2D eigenvalue weighted by Crippen LogP contribution is -2.22. The second-order valence-electron chi connectivity index (χ2n) is 8.88. The summed E-state index contributed by atoms with van der Waals surface area (Å²) in [5.41, 5.74) is 8.48. The number of methoxy groups -OCH3 is 1. The van der Waals surface area contributed by atoms with Gasteiger partial charge in [-0.3, -0.25) is 4.79 Å². The van der Waals surface area contributed by atoms with E-state index in [0.717, 1.165) is 11.4 Å². The number of benzene rings is 3. The predicted octanol–water partition coefficient (Wildman–Crippen LogP) is 7.35. The van der Waals surface area contributed by atoms with E-state index < -0.39 is 0 Å². The molecule has 0 aliphatic heterocycles. The van der Waals surface area contributed by atoms with Crippen LogP contribution in [-0.2, 0) is 14.3 Å². The van der Waals surface area contributed by atoms with Crippen LogP contribution in [0.25, 0.3) is 17.2 Å². The first kappa shape index (κ1) is 29.4. The summed E-state index contributed by atoms with van der Waals surface area (Å²) >= 11 is 0. The minimum absolute atomic E-state index is 0.261. The Balaban J connectivity index is 0.000000312. The fourth-order valence-corrected chi connectivity index (χ4v) is 3.53. The molecule has 5 heteroatoms. The third kappa shape index (κ3) is 9.98. The van der Waals surface area contributed by atoms with E-state index in [1.54, 1.807) is 7.11 Å². The molecule has 0 saturated carbocycles. The van der Waals surface area contributed by atoms with Gasteiger partial charge >= 0.3 is 5.97 Å². The number of carbonyl (C=O) groups excluding carboxylic acids is 1. The largest absolute Gasteiger partial charge is 0.444 e. The second-order valence-corrected chi connectivity index (χ2v) is 8.88. The highest BCUT2D eigenvalue weighted by atomic mass is 16.5. The van der Waals surface area contributed by atoms with Crippen molar-refractivity contribution in [1.82, 2.24) is 0 Å². The number of anilines is 2. The fraction of sp³-hybridized carbons (Fsp3) is 0.281. The van der Waals surface area contributed by atoms with E-state index >= 15 is 0 Å². The maximum Gasteiger partial charge on any atom is 0.304 e. The van der Waals surface area contributed by atoms with Crippen molar-refractivity contribution < 1.29 is 14.3 Å². The first-order valence-electron chi connectivity index (χ1n) is 12.4. The maximum absolute atomic E-state index is 10.5. The van der Waals surface area contributed by atoms with Crippen LogP contribution >= 0.6 is 0 Å². The van der Waals surface area contributed by atoms with E-state index in [1.165, 1.54) is 34.8 Å². The Hall–Kier alpha value is -3.83. The smallest absolute Gasteiger partial charge is 0.304 e. The zero-order chi connectivity index (χ0) is 27.2. The number of ether oxygens (including phenoxy) is 2. The standard InChI is InChI=1S/C22H27NO.C10H13NO2/c1-6-17(2)20-9-11-21(12-10-20)18(3)15-19-7-13-22(14-8-19)23(4)16-24-5;1-9(12)13-8-11(2)10-6-4-3-5-7-10/h6-15H,16H2,1-5H3;3-7H,8H2,1-2H3. The average molecular weight is 501 g/mol. The Morgan fingerprint density at radius 2 is 1.24 bits per heavy atom. The average Bonchev–Trinajstić information content (AvgIpc) is 2.92. The minimum Gasteiger partial charge on any atom is -0.444 e. The molecule has 0 aromatic heterocycles. The van der Waals surface area contributed by atoms with Crippen LogP contribution in [0.15, 0.2) is 84.9 Å². The van der Waals surface area contributed by atoms with E-state index in [4.69, 9.17) is 9.47 Å². The monoisotopic (exact) mass is 500 g/mol. The fourth-order valence-electron chi connectivity index (χ4n) is 3.53. The normalized spacial score (nSPS) is 11.3. The summed E-state index contributed by atoms with van der Waals surface area (Å²) in [6.07, 6.45) is 4.36. The van der Waals surface area contributed by atoms with Gasteiger partial charge in [0.25, 0.3) is 0 Å². The molecular weight excluding hydrogens is 460 g/mol. The Morgan fingerprint density at radius 1 is 0.730 bits per heavy atom. The topological polar surface area (TPSA) is 42.0 Å².